The molecular formula is C14H13Br2NO3. The summed E-state index contributed by atoms with van der Waals surface area (Å²) in [5, 5.41) is 22.2. The highest BCUT2D eigenvalue weighted by molar-refractivity contribution is 9.11. The zero-order valence-electron chi connectivity index (χ0n) is 10.7. The molecule has 6 heteroatoms. The number of ether oxygens (including phenoxy) is 1. The molecule has 0 saturated heterocycles. The predicted octanol–water partition coefficient (Wildman–Crippen LogP) is 4.24. The molecular weight excluding hydrogens is 390 g/mol. The molecule has 0 aliphatic rings. The molecule has 2 aromatic rings. The number of methoxy groups -OCH3 is 1. The maximum Gasteiger partial charge on any atom is 0.135 e. The Labute approximate surface area is 133 Å². The smallest absolute Gasteiger partial charge is 0.135 e. The van der Waals surface area contributed by atoms with E-state index in [0.29, 0.717) is 17.9 Å². The summed E-state index contributed by atoms with van der Waals surface area (Å²) in [6.07, 6.45) is 0. The fourth-order valence-electron chi connectivity index (χ4n) is 1.71. The van der Waals surface area contributed by atoms with Crippen LogP contribution in [0, 0.1) is 0 Å². The lowest BCUT2D eigenvalue weighted by Gasteiger charge is -2.12. The number of phenols is 2. The molecule has 0 fully saturated rings. The highest BCUT2D eigenvalue weighted by Gasteiger charge is 2.08. The number of rotatable bonds is 4. The van der Waals surface area contributed by atoms with Crippen LogP contribution >= 0.6 is 31.9 Å². The van der Waals surface area contributed by atoms with Crippen molar-refractivity contribution in [2.45, 2.75) is 6.54 Å². The Hall–Kier alpha value is -1.40. The average Bonchev–Trinajstić information content (AvgIpc) is 2.39. The molecule has 2 rings (SSSR count). The van der Waals surface area contributed by atoms with Crippen molar-refractivity contribution in [2.24, 2.45) is 0 Å². The van der Waals surface area contributed by atoms with Gasteiger partial charge in [-0.3, -0.25) is 0 Å². The van der Waals surface area contributed by atoms with Gasteiger partial charge in [0.2, 0.25) is 0 Å². The highest BCUT2D eigenvalue weighted by atomic mass is 79.9. The molecule has 0 spiro atoms. The SMILES string of the molecule is COc1cc(NCc2ccc(O)cc2O)c(Br)cc1Br. The Morgan fingerprint density at radius 1 is 1.10 bits per heavy atom. The van der Waals surface area contributed by atoms with Crippen LogP contribution in [0.4, 0.5) is 5.69 Å². The van der Waals surface area contributed by atoms with E-state index >= 15 is 0 Å². The molecule has 0 aliphatic heterocycles. The third-order valence-corrected chi connectivity index (χ3v) is 4.06. The van der Waals surface area contributed by atoms with Crippen molar-refractivity contribution < 1.29 is 14.9 Å². The van der Waals surface area contributed by atoms with Crippen molar-refractivity contribution in [3.8, 4) is 17.2 Å². The number of hydrogen-bond donors (Lipinski definition) is 3. The molecule has 0 unspecified atom stereocenters. The number of nitrogens with one attached hydrogen (secondary N) is 1. The van der Waals surface area contributed by atoms with Crippen LogP contribution in [0.25, 0.3) is 0 Å². The quantitative estimate of drug-likeness (QED) is 0.715. The van der Waals surface area contributed by atoms with Crippen LogP contribution in [-0.2, 0) is 6.54 Å². The summed E-state index contributed by atoms with van der Waals surface area (Å²) in [4.78, 5) is 0. The van der Waals surface area contributed by atoms with E-state index in [1.54, 1.807) is 13.2 Å². The first-order valence-electron chi connectivity index (χ1n) is 5.79. The second-order valence-corrected chi connectivity index (χ2v) is 5.84. The fourth-order valence-corrected chi connectivity index (χ4v) is 3.01. The van der Waals surface area contributed by atoms with Crippen LogP contribution in [0.3, 0.4) is 0 Å². The summed E-state index contributed by atoms with van der Waals surface area (Å²) >= 11 is 6.87. The molecule has 0 heterocycles. The number of aromatic hydroxyl groups is 2. The molecule has 0 bridgehead atoms. The monoisotopic (exact) mass is 401 g/mol. The summed E-state index contributed by atoms with van der Waals surface area (Å²) < 4.78 is 6.97. The largest absolute Gasteiger partial charge is 0.508 e. The molecule has 0 radical (unpaired) electrons. The Morgan fingerprint density at radius 2 is 1.85 bits per heavy atom. The first kappa shape index (κ1) is 15.0. The van der Waals surface area contributed by atoms with Gasteiger partial charge in [0.25, 0.3) is 0 Å². The molecule has 0 amide bonds. The highest BCUT2D eigenvalue weighted by Crippen LogP contribution is 2.35. The van der Waals surface area contributed by atoms with Crippen LogP contribution in [0.15, 0.2) is 39.3 Å². The average molecular weight is 403 g/mol. The van der Waals surface area contributed by atoms with Gasteiger partial charge in [0.15, 0.2) is 0 Å². The fraction of sp³-hybridized carbons (Fsp3) is 0.143. The van der Waals surface area contributed by atoms with Crippen molar-refractivity contribution >= 4 is 37.5 Å². The molecule has 3 N–H and O–H groups in total. The van der Waals surface area contributed by atoms with Gasteiger partial charge in [-0.1, -0.05) is 0 Å². The van der Waals surface area contributed by atoms with Crippen molar-refractivity contribution in [1.82, 2.24) is 0 Å². The second kappa shape index (κ2) is 6.37. The van der Waals surface area contributed by atoms with Crippen molar-refractivity contribution in [1.29, 1.82) is 0 Å². The van der Waals surface area contributed by atoms with E-state index < -0.39 is 0 Å². The van der Waals surface area contributed by atoms with Crippen LogP contribution in [0.2, 0.25) is 0 Å². The van der Waals surface area contributed by atoms with Gasteiger partial charge in [-0.05, 0) is 50.1 Å². The summed E-state index contributed by atoms with van der Waals surface area (Å²) in [6, 6.07) is 8.26. The number of hydrogen-bond acceptors (Lipinski definition) is 4. The standard InChI is InChI=1S/C14H13Br2NO3/c1-20-14-6-12(10(15)5-11(14)16)17-7-8-2-3-9(18)4-13(8)19/h2-6,17-19H,7H2,1H3. The third kappa shape index (κ3) is 3.37. The van der Waals surface area contributed by atoms with Gasteiger partial charge in [-0.25, -0.2) is 0 Å². The minimum absolute atomic E-state index is 0.0396. The zero-order chi connectivity index (χ0) is 14.7. The van der Waals surface area contributed by atoms with E-state index in [1.807, 2.05) is 12.1 Å². The molecule has 4 nitrogen and oxygen atoms in total. The van der Waals surface area contributed by atoms with Crippen molar-refractivity contribution in [3.63, 3.8) is 0 Å². The second-order valence-electron chi connectivity index (χ2n) is 4.13. The minimum Gasteiger partial charge on any atom is -0.508 e. The van der Waals surface area contributed by atoms with Gasteiger partial charge in [-0.2, -0.15) is 0 Å². The lowest BCUT2D eigenvalue weighted by molar-refractivity contribution is 0.412. The van der Waals surface area contributed by atoms with E-state index in [4.69, 9.17) is 4.74 Å². The number of anilines is 1. The van der Waals surface area contributed by atoms with E-state index in [9.17, 15) is 10.2 Å². The minimum atomic E-state index is 0.0396. The van der Waals surface area contributed by atoms with Crippen LogP contribution in [0.5, 0.6) is 17.2 Å². The summed E-state index contributed by atoms with van der Waals surface area (Å²) in [7, 11) is 1.60. The Kier molecular flexibility index (Phi) is 4.77. The zero-order valence-corrected chi connectivity index (χ0v) is 13.8. The summed E-state index contributed by atoms with van der Waals surface area (Å²) in [6.45, 7) is 0.426. The molecule has 0 aromatic heterocycles. The Bertz CT molecular complexity index is 632. The topological polar surface area (TPSA) is 61.7 Å². The number of halogens is 2. The van der Waals surface area contributed by atoms with Gasteiger partial charge in [0.05, 0.1) is 17.3 Å². The van der Waals surface area contributed by atoms with Crippen molar-refractivity contribution in [2.75, 3.05) is 12.4 Å². The molecule has 0 aliphatic carbocycles. The molecule has 0 saturated carbocycles. The van der Waals surface area contributed by atoms with E-state index in [1.165, 1.54) is 12.1 Å². The van der Waals surface area contributed by atoms with E-state index in [0.717, 1.165) is 14.6 Å². The Morgan fingerprint density at radius 3 is 2.50 bits per heavy atom. The van der Waals surface area contributed by atoms with Gasteiger partial charge in [0, 0.05) is 28.7 Å². The predicted molar refractivity (Wildman–Crippen MR) is 85.5 cm³/mol. The van der Waals surface area contributed by atoms with Gasteiger partial charge in [-0.15, -0.1) is 0 Å². The van der Waals surface area contributed by atoms with Crippen LogP contribution in [0.1, 0.15) is 5.56 Å². The lowest BCUT2D eigenvalue weighted by Crippen LogP contribution is -2.01. The van der Waals surface area contributed by atoms with Crippen LogP contribution in [-0.4, -0.2) is 17.3 Å². The molecule has 20 heavy (non-hydrogen) atoms. The maximum atomic E-state index is 9.74. The normalized spacial score (nSPS) is 10.3. The molecule has 2 aromatic carbocycles. The summed E-state index contributed by atoms with van der Waals surface area (Å²) in [5.74, 6) is 0.807. The lowest BCUT2D eigenvalue weighted by atomic mass is 10.2. The van der Waals surface area contributed by atoms with E-state index in [2.05, 4.69) is 37.2 Å². The van der Waals surface area contributed by atoms with Gasteiger partial charge in [0.1, 0.15) is 17.2 Å². The molecule has 106 valence electrons. The summed E-state index contributed by atoms with van der Waals surface area (Å²) in [5.41, 5.74) is 1.54. The maximum absolute atomic E-state index is 9.74. The third-order valence-electron chi connectivity index (χ3n) is 2.78. The van der Waals surface area contributed by atoms with Crippen LogP contribution < -0.4 is 10.1 Å². The number of benzene rings is 2. The van der Waals surface area contributed by atoms with Gasteiger partial charge >= 0.3 is 0 Å². The molecule has 0 atom stereocenters. The van der Waals surface area contributed by atoms with E-state index in [-0.39, 0.29) is 11.5 Å². The number of phenolic OH excluding ortho intramolecular Hbond substituents is 2. The first-order valence-corrected chi connectivity index (χ1v) is 7.37. The first-order chi connectivity index (χ1) is 9.51. The van der Waals surface area contributed by atoms with Crippen molar-refractivity contribution in [3.05, 3.63) is 44.8 Å². The Balaban J connectivity index is 2.18. The van der Waals surface area contributed by atoms with Gasteiger partial charge < -0.3 is 20.3 Å².